The van der Waals surface area contributed by atoms with Gasteiger partial charge in [0.2, 0.25) is 6.41 Å². The van der Waals surface area contributed by atoms with Crippen molar-refractivity contribution in [3.8, 4) is 11.2 Å². The Kier molecular flexibility index (Phi) is 8.21. The first-order valence-corrected chi connectivity index (χ1v) is 5.70. The van der Waals surface area contributed by atoms with Crippen LogP contribution in [0.15, 0.2) is 0 Å². The zero-order chi connectivity index (χ0) is 6.95. The summed E-state index contributed by atoms with van der Waals surface area (Å²) in [5.41, 5.74) is 0. The van der Waals surface area contributed by atoms with Crippen molar-refractivity contribution in [3.05, 3.63) is 0 Å². The largest absolute Gasteiger partial charge is 0.358 e. The van der Waals surface area contributed by atoms with Crippen LogP contribution in [-0.2, 0) is 4.79 Å². The van der Waals surface area contributed by atoms with Crippen LogP contribution < -0.4 is 5.32 Å². The molecule has 0 radical (unpaired) electrons. The molecule has 0 atom stereocenters. The fourth-order valence-electron chi connectivity index (χ4n) is 0.272. The lowest BCUT2D eigenvalue weighted by molar-refractivity contribution is -0.109. The first-order valence-electron chi connectivity index (χ1n) is 2.34. The standard InChI is InChI=1S/C5H6INOS/c6-9-4-2-1-3-7-5-8/h5H,1,3H2,(H,7,8). The molecule has 1 N–H and O–H groups in total. The summed E-state index contributed by atoms with van der Waals surface area (Å²) in [7, 11) is 1.45. The molecule has 0 spiro atoms. The molecule has 50 valence electrons. The molecule has 0 aliphatic heterocycles. The molecule has 0 aromatic heterocycles. The van der Waals surface area contributed by atoms with Crippen LogP contribution in [-0.4, -0.2) is 13.0 Å². The second kappa shape index (κ2) is 8.11. The summed E-state index contributed by atoms with van der Waals surface area (Å²) in [4.78, 5) is 9.67. The number of nitrogens with one attached hydrogen (secondary N) is 1. The molecule has 0 rings (SSSR count). The molecule has 0 aromatic carbocycles. The van der Waals surface area contributed by atoms with Gasteiger partial charge in [0, 0.05) is 34.2 Å². The van der Waals surface area contributed by atoms with E-state index < -0.39 is 0 Å². The van der Waals surface area contributed by atoms with Crippen LogP contribution >= 0.6 is 30.1 Å². The molecule has 0 aromatic rings. The monoisotopic (exact) mass is 255 g/mol. The summed E-state index contributed by atoms with van der Waals surface area (Å²) in [6, 6.07) is 0. The molecule has 9 heavy (non-hydrogen) atoms. The Morgan fingerprint density at radius 1 is 1.78 bits per heavy atom. The van der Waals surface area contributed by atoms with E-state index in [1.807, 2.05) is 0 Å². The predicted molar refractivity (Wildman–Crippen MR) is 48.1 cm³/mol. The fourth-order valence-corrected chi connectivity index (χ4v) is 0.896. The molecule has 0 fully saturated rings. The molecule has 1 amide bonds. The number of hydrogen-bond acceptors (Lipinski definition) is 2. The molecule has 0 heterocycles. The lowest BCUT2D eigenvalue weighted by Gasteiger charge is -1.86. The van der Waals surface area contributed by atoms with Crippen LogP contribution in [0.5, 0.6) is 0 Å². The topological polar surface area (TPSA) is 29.1 Å². The summed E-state index contributed by atoms with van der Waals surface area (Å²) in [6.07, 6.45) is 1.41. The maximum absolute atomic E-state index is 9.67. The van der Waals surface area contributed by atoms with Gasteiger partial charge in [0.05, 0.1) is 0 Å². The van der Waals surface area contributed by atoms with Gasteiger partial charge in [-0.2, -0.15) is 0 Å². The molecular formula is C5H6INOS. The van der Waals surface area contributed by atoms with Gasteiger partial charge in [-0.3, -0.25) is 4.79 Å². The van der Waals surface area contributed by atoms with Crippen molar-refractivity contribution < 1.29 is 4.79 Å². The zero-order valence-corrected chi connectivity index (χ0v) is 7.66. The number of amides is 1. The predicted octanol–water partition coefficient (Wildman–Crippen LogP) is 1.17. The molecule has 0 saturated carbocycles. The average molecular weight is 255 g/mol. The Hall–Kier alpha value is 0.110. The van der Waals surface area contributed by atoms with Crippen molar-refractivity contribution in [3.63, 3.8) is 0 Å². The van der Waals surface area contributed by atoms with Crippen LogP contribution in [0.1, 0.15) is 6.42 Å². The Balaban J connectivity index is 2.98. The van der Waals surface area contributed by atoms with E-state index in [0.717, 1.165) is 6.42 Å². The van der Waals surface area contributed by atoms with E-state index in [0.29, 0.717) is 13.0 Å². The third kappa shape index (κ3) is 8.11. The summed E-state index contributed by atoms with van der Waals surface area (Å²) in [5.74, 6) is 2.85. The highest BCUT2D eigenvalue weighted by molar-refractivity contribution is 14.2. The van der Waals surface area contributed by atoms with Crippen molar-refractivity contribution in [1.82, 2.24) is 5.32 Å². The maximum Gasteiger partial charge on any atom is 0.207 e. The molecule has 0 aliphatic carbocycles. The van der Waals surface area contributed by atoms with E-state index >= 15 is 0 Å². The summed E-state index contributed by atoms with van der Waals surface area (Å²) >= 11 is 2.10. The van der Waals surface area contributed by atoms with E-state index in [1.165, 1.54) is 8.93 Å². The Morgan fingerprint density at radius 2 is 2.56 bits per heavy atom. The van der Waals surface area contributed by atoms with Crippen molar-refractivity contribution in [2.45, 2.75) is 6.42 Å². The normalized spacial score (nSPS) is 7.22. The van der Waals surface area contributed by atoms with E-state index in [1.54, 1.807) is 0 Å². The van der Waals surface area contributed by atoms with Gasteiger partial charge < -0.3 is 5.32 Å². The second-order valence-corrected chi connectivity index (χ2v) is 2.86. The molecule has 0 unspecified atom stereocenters. The molecule has 0 saturated heterocycles. The van der Waals surface area contributed by atoms with Gasteiger partial charge in [-0.1, -0.05) is 5.92 Å². The van der Waals surface area contributed by atoms with Crippen molar-refractivity contribution in [1.29, 1.82) is 0 Å². The molecular weight excluding hydrogens is 249 g/mol. The zero-order valence-electron chi connectivity index (χ0n) is 4.69. The number of halogens is 1. The smallest absolute Gasteiger partial charge is 0.207 e. The van der Waals surface area contributed by atoms with Gasteiger partial charge >= 0.3 is 0 Å². The number of carbonyl (C=O) groups excluding carboxylic acids is 1. The highest BCUT2D eigenvalue weighted by Gasteiger charge is 1.75. The van der Waals surface area contributed by atoms with Crippen LogP contribution in [0.25, 0.3) is 0 Å². The minimum Gasteiger partial charge on any atom is -0.358 e. The lowest BCUT2D eigenvalue weighted by atomic mass is 10.4. The fraction of sp³-hybridized carbons (Fsp3) is 0.400. The molecule has 2 nitrogen and oxygen atoms in total. The Labute approximate surface area is 70.7 Å². The van der Waals surface area contributed by atoms with E-state index in [2.05, 4.69) is 37.7 Å². The van der Waals surface area contributed by atoms with Gasteiger partial charge in [-0.25, -0.2) is 0 Å². The SMILES string of the molecule is O=CNCCC#CSI. The minimum atomic E-state index is 0.647. The van der Waals surface area contributed by atoms with Gasteiger partial charge in [-0.15, -0.1) is 0 Å². The van der Waals surface area contributed by atoms with E-state index in [-0.39, 0.29) is 0 Å². The van der Waals surface area contributed by atoms with Gasteiger partial charge in [0.15, 0.2) is 0 Å². The summed E-state index contributed by atoms with van der Waals surface area (Å²) in [6.45, 7) is 0.647. The van der Waals surface area contributed by atoms with Gasteiger partial charge in [0.1, 0.15) is 0 Å². The quantitative estimate of drug-likeness (QED) is 0.355. The van der Waals surface area contributed by atoms with Gasteiger partial charge in [-0.05, 0) is 14.2 Å². The highest BCUT2D eigenvalue weighted by atomic mass is 127. The minimum absolute atomic E-state index is 0.647. The summed E-state index contributed by atoms with van der Waals surface area (Å²) in [5, 5.41) is 5.32. The highest BCUT2D eigenvalue weighted by Crippen LogP contribution is 2.06. The van der Waals surface area contributed by atoms with E-state index in [9.17, 15) is 4.79 Å². The van der Waals surface area contributed by atoms with Crippen LogP contribution in [0.4, 0.5) is 0 Å². The van der Waals surface area contributed by atoms with Gasteiger partial charge in [0.25, 0.3) is 0 Å². The van der Waals surface area contributed by atoms with Crippen molar-refractivity contribution in [2.24, 2.45) is 0 Å². The summed E-state index contributed by atoms with van der Waals surface area (Å²) < 4.78 is 0. The van der Waals surface area contributed by atoms with Crippen LogP contribution in [0.3, 0.4) is 0 Å². The molecule has 0 bridgehead atoms. The van der Waals surface area contributed by atoms with Crippen LogP contribution in [0.2, 0.25) is 0 Å². The van der Waals surface area contributed by atoms with Crippen LogP contribution in [0, 0.1) is 11.2 Å². The maximum atomic E-state index is 9.67. The number of carbonyl (C=O) groups is 1. The first kappa shape index (κ1) is 9.11. The Morgan fingerprint density at radius 3 is 3.11 bits per heavy atom. The third-order valence-electron chi connectivity index (χ3n) is 0.588. The van der Waals surface area contributed by atoms with Crippen molar-refractivity contribution in [2.75, 3.05) is 6.54 Å². The molecule has 4 heteroatoms. The number of rotatable bonds is 3. The average Bonchev–Trinajstić information content (AvgIpc) is 1.89. The first-order chi connectivity index (χ1) is 4.41. The number of hydrogen-bond donors (Lipinski definition) is 1. The van der Waals surface area contributed by atoms with Crippen molar-refractivity contribution >= 4 is 36.5 Å². The Bertz CT molecular complexity index is 129. The second-order valence-electron chi connectivity index (χ2n) is 1.18. The molecule has 0 aliphatic rings. The third-order valence-corrected chi connectivity index (χ3v) is 1.47. The lowest BCUT2D eigenvalue weighted by Crippen LogP contribution is -2.10. The van der Waals surface area contributed by atoms with E-state index in [4.69, 9.17) is 0 Å².